The third-order valence-corrected chi connectivity index (χ3v) is 3.60. The van der Waals surface area contributed by atoms with Crippen molar-refractivity contribution in [2.75, 3.05) is 0 Å². The van der Waals surface area contributed by atoms with Gasteiger partial charge in [-0.2, -0.15) is 5.10 Å². The van der Waals surface area contributed by atoms with Crippen LogP contribution in [-0.2, 0) is 6.54 Å². The lowest BCUT2D eigenvalue weighted by Crippen LogP contribution is -2.26. The second kappa shape index (κ2) is 6.38. The van der Waals surface area contributed by atoms with Crippen molar-refractivity contribution in [3.63, 3.8) is 0 Å². The molecule has 1 N–H and O–H groups in total. The number of nitrogens with zero attached hydrogens (tertiary/aromatic N) is 3. The number of aromatic nitrogens is 2. The molecule has 2 aromatic rings. The molecule has 7 heteroatoms. The molecule has 0 aliphatic rings. The molecule has 1 amide bonds. The predicted octanol–water partition coefficient (Wildman–Crippen LogP) is 2.61. The molecule has 0 saturated heterocycles. The van der Waals surface area contributed by atoms with Crippen LogP contribution in [0.4, 0.5) is 5.69 Å². The Hall–Kier alpha value is -2.70. The Bertz CT molecular complexity index is 691. The van der Waals surface area contributed by atoms with Gasteiger partial charge in [-0.05, 0) is 32.9 Å². The van der Waals surface area contributed by atoms with Crippen LogP contribution in [0.25, 0.3) is 0 Å². The van der Waals surface area contributed by atoms with Gasteiger partial charge in [-0.15, -0.1) is 0 Å². The highest BCUT2D eigenvalue weighted by Crippen LogP contribution is 2.18. The SMILES string of the molecule is CCn1ncc(C(C)NC(=O)c2ccc([N+](=O)[O-])cc2)c1C. The molecule has 1 atom stereocenters. The number of carbonyl (C=O) groups is 1. The van der Waals surface area contributed by atoms with Gasteiger partial charge < -0.3 is 5.32 Å². The van der Waals surface area contributed by atoms with E-state index < -0.39 is 4.92 Å². The summed E-state index contributed by atoms with van der Waals surface area (Å²) in [6, 6.07) is 5.34. The molecule has 0 saturated carbocycles. The third kappa shape index (κ3) is 3.13. The van der Waals surface area contributed by atoms with Gasteiger partial charge in [-0.1, -0.05) is 0 Å². The van der Waals surface area contributed by atoms with Crippen LogP contribution in [0, 0.1) is 17.0 Å². The Morgan fingerprint density at radius 1 is 1.41 bits per heavy atom. The average molecular weight is 302 g/mol. The van der Waals surface area contributed by atoms with Gasteiger partial charge in [-0.25, -0.2) is 0 Å². The molecule has 22 heavy (non-hydrogen) atoms. The van der Waals surface area contributed by atoms with Crippen molar-refractivity contribution in [1.29, 1.82) is 0 Å². The second-order valence-electron chi connectivity index (χ2n) is 5.00. The molecule has 1 heterocycles. The predicted molar refractivity (Wildman–Crippen MR) is 81.6 cm³/mol. The summed E-state index contributed by atoms with van der Waals surface area (Å²) in [6.07, 6.45) is 1.75. The molecule has 0 bridgehead atoms. The zero-order chi connectivity index (χ0) is 16.3. The normalized spacial score (nSPS) is 12.0. The first kappa shape index (κ1) is 15.7. The Morgan fingerprint density at radius 3 is 2.55 bits per heavy atom. The van der Waals surface area contributed by atoms with Crippen LogP contribution in [0.1, 0.15) is 41.5 Å². The van der Waals surface area contributed by atoms with Gasteiger partial charge in [0, 0.05) is 35.5 Å². The van der Waals surface area contributed by atoms with Gasteiger partial charge in [-0.3, -0.25) is 19.6 Å². The minimum absolute atomic E-state index is 0.0373. The molecule has 1 aromatic carbocycles. The first-order valence-electron chi connectivity index (χ1n) is 7.01. The van der Waals surface area contributed by atoms with E-state index in [1.165, 1.54) is 24.3 Å². The molecule has 7 nitrogen and oxygen atoms in total. The van der Waals surface area contributed by atoms with E-state index in [4.69, 9.17) is 0 Å². The minimum atomic E-state index is -0.493. The smallest absolute Gasteiger partial charge is 0.269 e. The number of amides is 1. The van der Waals surface area contributed by atoms with Crippen molar-refractivity contribution >= 4 is 11.6 Å². The summed E-state index contributed by atoms with van der Waals surface area (Å²) in [5.74, 6) is -0.272. The highest BCUT2D eigenvalue weighted by Gasteiger charge is 2.16. The number of hydrogen-bond acceptors (Lipinski definition) is 4. The zero-order valence-electron chi connectivity index (χ0n) is 12.7. The standard InChI is InChI=1S/C15H18N4O3/c1-4-18-11(3)14(9-16-18)10(2)17-15(20)12-5-7-13(8-6-12)19(21)22/h5-10H,4H2,1-3H3,(H,17,20). The maximum Gasteiger partial charge on any atom is 0.269 e. The monoisotopic (exact) mass is 302 g/mol. The van der Waals surface area contributed by atoms with E-state index in [2.05, 4.69) is 10.4 Å². The minimum Gasteiger partial charge on any atom is -0.345 e. The Balaban J connectivity index is 2.10. The molecule has 0 fully saturated rings. The molecule has 1 unspecified atom stereocenters. The molecular weight excluding hydrogens is 284 g/mol. The van der Waals surface area contributed by atoms with Crippen LogP contribution in [0.15, 0.2) is 30.5 Å². The van der Waals surface area contributed by atoms with E-state index in [9.17, 15) is 14.9 Å². The number of carbonyl (C=O) groups excluding carboxylic acids is 1. The molecule has 116 valence electrons. The van der Waals surface area contributed by atoms with Gasteiger partial charge in [0.2, 0.25) is 0 Å². The average Bonchev–Trinajstić information content (AvgIpc) is 2.88. The largest absolute Gasteiger partial charge is 0.345 e. The van der Waals surface area contributed by atoms with Crippen LogP contribution in [0.5, 0.6) is 0 Å². The lowest BCUT2D eigenvalue weighted by atomic mass is 10.1. The summed E-state index contributed by atoms with van der Waals surface area (Å²) in [7, 11) is 0. The molecule has 0 spiro atoms. The van der Waals surface area contributed by atoms with E-state index in [1.54, 1.807) is 6.20 Å². The molecule has 0 aliphatic heterocycles. The highest BCUT2D eigenvalue weighted by molar-refractivity contribution is 5.94. The number of rotatable bonds is 5. The summed E-state index contributed by atoms with van der Waals surface area (Å²) in [6.45, 7) is 6.62. The molecule has 0 radical (unpaired) electrons. The van der Waals surface area contributed by atoms with E-state index in [-0.39, 0.29) is 17.6 Å². The Labute approximate surface area is 128 Å². The topological polar surface area (TPSA) is 90.1 Å². The van der Waals surface area contributed by atoms with Crippen molar-refractivity contribution in [2.24, 2.45) is 0 Å². The summed E-state index contributed by atoms with van der Waals surface area (Å²) < 4.78 is 1.86. The lowest BCUT2D eigenvalue weighted by Gasteiger charge is -2.14. The second-order valence-corrected chi connectivity index (χ2v) is 5.00. The van der Waals surface area contributed by atoms with E-state index in [0.717, 1.165) is 17.8 Å². The van der Waals surface area contributed by atoms with Gasteiger partial charge in [0.15, 0.2) is 0 Å². The van der Waals surface area contributed by atoms with Crippen LogP contribution < -0.4 is 5.32 Å². The van der Waals surface area contributed by atoms with Gasteiger partial charge in [0.1, 0.15) is 0 Å². The maximum atomic E-state index is 12.2. The lowest BCUT2D eigenvalue weighted by molar-refractivity contribution is -0.384. The molecule has 1 aromatic heterocycles. The number of hydrogen-bond donors (Lipinski definition) is 1. The third-order valence-electron chi connectivity index (χ3n) is 3.60. The van der Waals surface area contributed by atoms with Crippen LogP contribution >= 0.6 is 0 Å². The highest BCUT2D eigenvalue weighted by atomic mass is 16.6. The number of aryl methyl sites for hydroxylation is 1. The molecule has 2 rings (SSSR count). The first-order chi connectivity index (χ1) is 10.4. The fourth-order valence-corrected chi connectivity index (χ4v) is 2.30. The molecular formula is C15H18N4O3. The van der Waals surface area contributed by atoms with Crippen LogP contribution in [0.3, 0.4) is 0 Å². The quantitative estimate of drug-likeness (QED) is 0.679. The van der Waals surface area contributed by atoms with Crippen molar-refractivity contribution in [3.8, 4) is 0 Å². The maximum absolute atomic E-state index is 12.2. The van der Waals surface area contributed by atoms with Crippen LogP contribution in [-0.4, -0.2) is 20.6 Å². The Morgan fingerprint density at radius 2 is 2.05 bits per heavy atom. The fraction of sp³-hybridized carbons (Fsp3) is 0.333. The zero-order valence-corrected chi connectivity index (χ0v) is 12.7. The van der Waals surface area contributed by atoms with Crippen LogP contribution in [0.2, 0.25) is 0 Å². The fourth-order valence-electron chi connectivity index (χ4n) is 2.30. The van der Waals surface area contributed by atoms with E-state index in [1.807, 2.05) is 25.5 Å². The van der Waals surface area contributed by atoms with Crippen molar-refractivity contribution in [1.82, 2.24) is 15.1 Å². The van der Waals surface area contributed by atoms with E-state index >= 15 is 0 Å². The number of benzene rings is 1. The number of nitro benzene ring substituents is 1. The van der Waals surface area contributed by atoms with Crippen molar-refractivity contribution in [3.05, 3.63) is 57.4 Å². The van der Waals surface area contributed by atoms with Gasteiger partial charge >= 0.3 is 0 Å². The van der Waals surface area contributed by atoms with E-state index in [0.29, 0.717) is 5.56 Å². The molecule has 0 aliphatic carbocycles. The summed E-state index contributed by atoms with van der Waals surface area (Å²) in [5, 5.41) is 17.7. The van der Waals surface area contributed by atoms with Crippen molar-refractivity contribution in [2.45, 2.75) is 33.4 Å². The van der Waals surface area contributed by atoms with Crippen molar-refractivity contribution < 1.29 is 9.72 Å². The Kier molecular flexibility index (Phi) is 4.55. The summed E-state index contributed by atoms with van der Waals surface area (Å²) in [5.41, 5.74) is 2.32. The number of non-ortho nitro benzene ring substituents is 1. The first-order valence-corrected chi connectivity index (χ1v) is 7.01. The summed E-state index contributed by atoms with van der Waals surface area (Å²) >= 11 is 0. The van der Waals surface area contributed by atoms with Gasteiger partial charge in [0.05, 0.1) is 17.2 Å². The summed E-state index contributed by atoms with van der Waals surface area (Å²) in [4.78, 5) is 22.3. The number of nitro groups is 1. The number of nitrogens with one attached hydrogen (secondary N) is 1. The van der Waals surface area contributed by atoms with Gasteiger partial charge in [0.25, 0.3) is 11.6 Å².